The molecule has 0 saturated carbocycles. The van der Waals surface area contributed by atoms with Crippen LogP contribution >= 0.6 is 34.4 Å². The average Bonchev–Trinajstić information content (AvgIpc) is 3.60. The molecule has 5 rings (SSSR count). The van der Waals surface area contributed by atoms with Crippen molar-refractivity contribution in [2.45, 2.75) is 50.3 Å². The molecule has 1 aliphatic rings. The first-order valence-corrected chi connectivity index (χ1v) is 14.0. The van der Waals surface area contributed by atoms with Crippen LogP contribution in [0.3, 0.4) is 0 Å². The van der Waals surface area contributed by atoms with Crippen LogP contribution < -0.4 is 5.32 Å². The van der Waals surface area contributed by atoms with Crippen molar-refractivity contribution in [1.29, 1.82) is 0 Å². The zero-order chi connectivity index (χ0) is 25.1. The first-order chi connectivity index (χ1) is 17.5. The molecule has 3 N–H and O–H groups in total. The van der Waals surface area contributed by atoms with E-state index in [1.54, 1.807) is 18.4 Å². The topological polar surface area (TPSA) is 109 Å². The normalized spacial score (nSPS) is 19.4. The van der Waals surface area contributed by atoms with Gasteiger partial charge < -0.3 is 19.9 Å². The highest BCUT2D eigenvalue weighted by molar-refractivity contribution is 14.1. The number of hydrogen-bond acceptors (Lipinski definition) is 8. The maximum Gasteiger partial charge on any atom is 0.199 e. The van der Waals surface area contributed by atoms with Crippen molar-refractivity contribution in [1.82, 2.24) is 19.5 Å². The number of fused-ring (bicyclic) bond motifs is 1. The smallest absolute Gasteiger partial charge is 0.199 e. The van der Waals surface area contributed by atoms with Gasteiger partial charge in [0, 0.05) is 22.3 Å². The number of furan rings is 1. The van der Waals surface area contributed by atoms with E-state index in [1.807, 2.05) is 16.7 Å². The Bertz CT molecular complexity index is 1410. The van der Waals surface area contributed by atoms with Gasteiger partial charge in [0.05, 0.1) is 12.4 Å². The fourth-order valence-electron chi connectivity index (χ4n) is 3.99. The van der Waals surface area contributed by atoms with Crippen LogP contribution in [0.2, 0.25) is 0 Å². The monoisotopic (exact) mass is 615 g/mol. The quantitative estimate of drug-likeness (QED) is 0.155. The molecule has 1 saturated heterocycles. The summed E-state index contributed by atoms with van der Waals surface area (Å²) in [5.74, 6) is 8.79. The van der Waals surface area contributed by atoms with E-state index < -0.39 is 17.6 Å². The van der Waals surface area contributed by atoms with Gasteiger partial charge in [-0.05, 0) is 64.8 Å². The molecule has 1 fully saturated rings. The Balaban J connectivity index is 1.64. The molecule has 4 aromatic rings. The number of hydrogen-bond donors (Lipinski definition) is 3. The standard InChI is InChI=1S/C26H26IN5O3S/c1-2-3-4-5-11-20-29-21-24(28-14-16-8-6-9-17(27)13-16)30-23(19-10-7-12-35-19)31-25(21)32(20)26-22(34)18(33)15-36-26/h6-10,12-13,18,22,26,33-34H,2-4,14-15H2,1H3,(H,28,30,31)/t18-,22-,26-/m1/s1. The van der Waals surface area contributed by atoms with E-state index in [2.05, 4.69) is 58.8 Å². The number of benzene rings is 1. The fourth-order valence-corrected chi connectivity index (χ4v) is 5.92. The summed E-state index contributed by atoms with van der Waals surface area (Å²) in [6.07, 6.45) is 2.59. The number of aliphatic hydroxyl groups excluding tert-OH is 2. The molecule has 3 atom stereocenters. The van der Waals surface area contributed by atoms with Crippen LogP contribution in [0.1, 0.15) is 42.9 Å². The Hall–Kier alpha value is -2.59. The van der Waals surface area contributed by atoms with Crippen LogP contribution in [-0.2, 0) is 6.54 Å². The summed E-state index contributed by atoms with van der Waals surface area (Å²) in [6, 6.07) is 11.8. The second-order valence-corrected chi connectivity index (χ2v) is 10.9. The molecule has 0 unspecified atom stereocenters. The fraction of sp³-hybridized carbons (Fsp3) is 0.346. The summed E-state index contributed by atoms with van der Waals surface area (Å²) >= 11 is 3.75. The van der Waals surface area contributed by atoms with E-state index >= 15 is 0 Å². The first-order valence-electron chi connectivity index (χ1n) is 11.8. The van der Waals surface area contributed by atoms with Gasteiger partial charge in [0.25, 0.3) is 0 Å². The highest BCUT2D eigenvalue weighted by Gasteiger charge is 2.38. The maximum absolute atomic E-state index is 10.8. The van der Waals surface area contributed by atoms with Crippen molar-refractivity contribution >= 4 is 51.3 Å². The number of nitrogens with one attached hydrogen (secondary N) is 1. The number of aromatic nitrogens is 4. The first kappa shape index (κ1) is 25.1. The van der Waals surface area contributed by atoms with Gasteiger partial charge in [-0.25, -0.2) is 15.0 Å². The Morgan fingerprint density at radius 2 is 2.11 bits per heavy atom. The van der Waals surface area contributed by atoms with Crippen molar-refractivity contribution in [3.8, 4) is 23.4 Å². The van der Waals surface area contributed by atoms with Crippen LogP contribution in [0, 0.1) is 15.4 Å². The van der Waals surface area contributed by atoms with Gasteiger partial charge in [-0.15, -0.1) is 11.8 Å². The van der Waals surface area contributed by atoms with E-state index in [0.29, 0.717) is 46.7 Å². The van der Waals surface area contributed by atoms with Crippen molar-refractivity contribution < 1.29 is 14.6 Å². The summed E-state index contributed by atoms with van der Waals surface area (Å²) in [5, 5.41) is 24.0. The number of rotatable bonds is 7. The highest BCUT2D eigenvalue weighted by atomic mass is 127. The predicted molar refractivity (Wildman–Crippen MR) is 149 cm³/mol. The molecule has 0 spiro atoms. The van der Waals surface area contributed by atoms with E-state index in [4.69, 9.17) is 19.4 Å². The minimum Gasteiger partial charge on any atom is -0.461 e. The number of halogens is 1. The molecule has 0 bridgehead atoms. The summed E-state index contributed by atoms with van der Waals surface area (Å²) in [6.45, 7) is 2.67. The average molecular weight is 615 g/mol. The van der Waals surface area contributed by atoms with E-state index in [1.165, 1.54) is 11.8 Å². The molecule has 0 amide bonds. The molecule has 36 heavy (non-hydrogen) atoms. The number of anilines is 1. The Labute approximate surface area is 227 Å². The van der Waals surface area contributed by atoms with Gasteiger partial charge in [0.2, 0.25) is 0 Å². The zero-order valence-corrected chi connectivity index (χ0v) is 22.7. The van der Waals surface area contributed by atoms with Gasteiger partial charge >= 0.3 is 0 Å². The number of imidazole rings is 1. The van der Waals surface area contributed by atoms with E-state index in [9.17, 15) is 10.2 Å². The SMILES string of the molecule is CCCCC#Cc1nc2c(NCc3cccc(I)c3)nc(-c3ccco3)nc2n1[C@@H]1SC[C@@H](O)[C@H]1O. The van der Waals surface area contributed by atoms with Gasteiger partial charge in [-0.1, -0.05) is 31.4 Å². The van der Waals surface area contributed by atoms with Crippen LogP contribution in [0.5, 0.6) is 0 Å². The molecule has 1 aromatic carbocycles. The van der Waals surface area contributed by atoms with Crippen LogP contribution in [0.4, 0.5) is 5.82 Å². The van der Waals surface area contributed by atoms with E-state index in [0.717, 1.165) is 28.4 Å². The van der Waals surface area contributed by atoms with Gasteiger partial charge in [0.1, 0.15) is 11.5 Å². The summed E-state index contributed by atoms with van der Waals surface area (Å²) in [5.41, 5.74) is 2.20. The van der Waals surface area contributed by atoms with Crippen molar-refractivity contribution in [2.24, 2.45) is 0 Å². The van der Waals surface area contributed by atoms with Gasteiger partial charge in [-0.2, -0.15) is 0 Å². The number of unbranched alkanes of at least 4 members (excludes halogenated alkanes) is 2. The number of aliphatic hydroxyl groups is 2. The van der Waals surface area contributed by atoms with Crippen molar-refractivity contribution in [3.63, 3.8) is 0 Å². The zero-order valence-electron chi connectivity index (χ0n) is 19.7. The lowest BCUT2D eigenvalue weighted by molar-refractivity contribution is 0.0312. The molecule has 1 aliphatic heterocycles. The third kappa shape index (κ3) is 5.25. The van der Waals surface area contributed by atoms with Gasteiger partial charge in [0.15, 0.2) is 34.4 Å². The molecule has 3 aromatic heterocycles. The second kappa shape index (κ2) is 11.2. The summed E-state index contributed by atoms with van der Waals surface area (Å²) < 4.78 is 8.58. The third-order valence-electron chi connectivity index (χ3n) is 5.86. The lowest BCUT2D eigenvalue weighted by Crippen LogP contribution is -2.28. The minimum atomic E-state index is -0.964. The summed E-state index contributed by atoms with van der Waals surface area (Å²) in [4.78, 5) is 14.4. The number of nitrogens with zero attached hydrogens (tertiary/aromatic N) is 4. The molecule has 8 nitrogen and oxygen atoms in total. The molecule has 0 aliphatic carbocycles. The van der Waals surface area contributed by atoms with Crippen LogP contribution in [0.25, 0.3) is 22.7 Å². The Morgan fingerprint density at radius 1 is 1.22 bits per heavy atom. The predicted octanol–water partition coefficient (Wildman–Crippen LogP) is 4.81. The lowest BCUT2D eigenvalue weighted by atomic mass is 10.2. The lowest BCUT2D eigenvalue weighted by Gasteiger charge is -2.18. The molecule has 186 valence electrons. The maximum atomic E-state index is 10.8. The largest absolute Gasteiger partial charge is 0.461 e. The summed E-state index contributed by atoms with van der Waals surface area (Å²) in [7, 11) is 0. The third-order valence-corrected chi connectivity index (χ3v) is 7.90. The molecule has 10 heteroatoms. The molecular weight excluding hydrogens is 589 g/mol. The van der Waals surface area contributed by atoms with Crippen molar-refractivity contribution in [3.05, 3.63) is 57.6 Å². The second-order valence-electron chi connectivity index (χ2n) is 8.52. The number of thioether (sulfide) groups is 1. The Kier molecular flexibility index (Phi) is 7.81. The molecule has 4 heterocycles. The highest BCUT2D eigenvalue weighted by Crippen LogP contribution is 2.40. The van der Waals surface area contributed by atoms with Crippen molar-refractivity contribution in [2.75, 3.05) is 11.1 Å². The van der Waals surface area contributed by atoms with E-state index in [-0.39, 0.29) is 0 Å². The minimum absolute atomic E-state index is 0.405. The van der Waals surface area contributed by atoms with Crippen LogP contribution in [0.15, 0.2) is 47.1 Å². The molecular formula is C26H26IN5O3S. The van der Waals surface area contributed by atoms with Gasteiger partial charge in [-0.3, -0.25) is 4.57 Å². The molecule has 0 radical (unpaired) electrons. The van der Waals surface area contributed by atoms with Crippen LogP contribution in [-0.4, -0.2) is 47.7 Å². The Morgan fingerprint density at radius 3 is 2.83 bits per heavy atom.